The van der Waals surface area contributed by atoms with Crippen LogP contribution >= 0.6 is 0 Å². The molecule has 0 aromatic rings. The summed E-state index contributed by atoms with van der Waals surface area (Å²) in [6.07, 6.45) is 0.729. The first-order valence-electron chi connectivity index (χ1n) is 9.22. The van der Waals surface area contributed by atoms with Crippen molar-refractivity contribution in [2.45, 2.75) is 83.3 Å². The number of hydrogen-bond donors (Lipinski definition) is 1. The minimum atomic E-state index is -3.55. The van der Waals surface area contributed by atoms with Crippen molar-refractivity contribution in [3.63, 3.8) is 0 Å². The maximum Gasteiger partial charge on any atom is 0.211 e. The third-order valence-electron chi connectivity index (χ3n) is 4.95. The number of carbonyl (C=O) groups excluding carboxylic acids is 1. The first-order valence-corrected chi connectivity index (χ1v) is 14.6. The number of rotatable bonds is 7. The average Bonchev–Trinajstić information content (AvgIpc) is 2.75. The fraction of sp³-hybridized carbons (Fsp3) is 0.833. The number of sulfonamides is 1. The first kappa shape index (κ1) is 21.8. The number of ketones is 1. The molecule has 2 fully saturated rings. The Hall–Kier alpha value is -0.543. The SMILES string of the molecule is C=C1C[C@H]([C@@H](NS(=O)(=O)CC[Si](C)(C)C)C(C)=O)[C@H]2OC(C)(C)O[C@@H]2C1. The fourth-order valence-corrected chi connectivity index (χ4v) is 8.04. The van der Waals surface area contributed by atoms with E-state index < -0.39 is 29.9 Å². The average molecular weight is 404 g/mol. The summed E-state index contributed by atoms with van der Waals surface area (Å²) in [4.78, 5) is 12.3. The Balaban J connectivity index is 2.20. The fourth-order valence-electron chi connectivity index (χ4n) is 3.67. The number of carbonyl (C=O) groups is 1. The van der Waals surface area contributed by atoms with E-state index in [1.807, 2.05) is 13.8 Å². The minimum Gasteiger partial charge on any atom is -0.344 e. The van der Waals surface area contributed by atoms with Crippen LogP contribution in [0.4, 0.5) is 0 Å². The van der Waals surface area contributed by atoms with Crippen LogP contribution in [0, 0.1) is 5.92 Å². The molecule has 1 saturated heterocycles. The highest BCUT2D eigenvalue weighted by molar-refractivity contribution is 7.89. The summed E-state index contributed by atoms with van der Waals surface area (Å²) in [5, 5.41) is 0. The van der Waals surface area contributed by atoms with Gasteiger partial charge < -0.3 is 9.47 Å². The summed E-state index contributed by atoms with van der Waals surface area (Å²) < 4.78 is 39.8. The number of hydrogen-bond acceptors (Lipinski definition) is 5. The third kappa shape index (κ3) is 5.72. The van der Waals surface area contributed by atoms with Gasteiger partial charge in [0.05, 0.1) is 24.0 Å². The summed E-state index contributed by atoms with van der Waals surface area (Å²) in [7, 11) is -5.04. The Labute approximate surface area is 158 Å². The second kappa shape index (κ2) is 7.47. The molecule has 0 aromatic heterocycles. The van der Waals surface area contributed by atoms with Gasteiger partial charge in [-0.25, -0.2) is 13.1 Å². The Morgan fingerprint density at radius 3 is 2.46 bits per heavy atom. The molecule has 0 spiro atoms. The van der Waals surface area contributed by atoms with Crippen molar-refractivity contribution in [2.24, 2.45) is 5.92 Å². The normalized spacial score (nSPS) is 30.1. The van der Waals surface area contributed by atoms with Crippen molar-refractivity contribution in [3.05, 3.63) is 12.2 Å². The Kier molecular flexibility index (Phi) is 6.25. The monoisotopic (exact) mass is 403 g/mol. The van der Waals surface area contributed by atoms with Gasteiger partial charge in [0, 0.05) is 14.0 Å². The third-order valence-corrected chi connectivity index (χ3v) is 8.42. The molecule has 1 aliphatic heterocycles. The van der Waals surface area contributed by atoms with E-state index in [-0.39, 0.29) is 29.7 Å². The number of fused-ring (bicyclic) bond motifs is 1. The van der Waals surface area contributed by atoms with E-state index in [9.17, 15) is 13.2 Å². The molecule has 2 aliphatic rings. The summed E-state index contributed by atoms with van der Waals surface area (Å²) in [6, 6.07) is -0.160. The highest BCUT2D eigenvalue weighted by Gasteiger charge is 2.51. The zero-order chi connectivity index (χ0) is 19.9. The molecule has 150 valence electrons. The van der Waals surface area contributed by atoms with E-state index in [1.54, 1.807) is 0 Å². The standard InChI is InChI=1S/C18H33NO5SSi/c1-12-10-14(17-15(11-12)23-18(3,4)24-17)16(13(2)20)19-25(21,22)8-9-26(5,6)7/h14-17,19H,1,8-11H2,2-7H3/t14-,15-,16+,17-/m1/s1. The van der Waals surface area contributed by atoms with Crippen LogP contribution in [0.1, 0.15) is 33.6 Å². The van der Waals surface area contributed by atoms with Gasteiger partial charge >= 0.3 is 0 Å². The number of nitrogens with one attached hydrogen (secondary N) is 1. The molecule has 0 aromatic carbocycles. The maximum absolute atomic E-state index is 12.6. The van der Waals surface area contributed by atoms with Crippen molar-refractivity contribution in [2.75, 3.05) is 5.75 Å². The van der Waals surface area contributed by atoms with Crippen molar-refractivity contribution in [1.29, 1.82) is 0 Å². The van der Waals surface area contributed by atoms with E-state index >= 15 is 0 Å². The lowest BCUT2D eigenvalue weighted by Gasteiger charge is -2.37. The molecular weight excluding hydrogens is 370 g/mol. The van der Waals surface area contributed by atoms with Gasteiger partial charge in [-0.1, -0.05) is 31.8 Å². The van der Waals surface area contributed by atoms with Crippen LogP contribution in [-0.2, 0) is 24.3 Å². The lowest BCUT2D eigenvalue weighted by atomic mass is 9.77. The molecule has 6 nitrogen and oxygen atoms in total. The van der Waals surface area contributed by atoms with E-state index in [1.165, 1.54) is 6.92 Å². The molecule has 1 aliphatic carbocycles. The van der Waals surface area contributed by atoms with Crippen LogP contribution < -0.4 is 4.72 Å². The van der Waals surface area contributed by atoms with Gasteiger partial charge in [0.2, 0.25) is 10.0 Å². The smallest absolute Gasteiger partial charge is 0.211 e. The van der Waals surface area contributed by atoms with Gasteiger partial charge in [0.25, 0.3) is 0 Å². The van der Waals surface area contributed by atoms with Gasteiger partial charge in [-0.15, -0.1) is 0 Å². The zero-order valence-electron chi connectivity index (χ0n) is 16.8. The van der Waals surface area contributed by atoms with Crippen LogP contribution in [0.2, 0.25) is 25.7 Å². The van der Waals surface area contributed by atoms with Crippen molar-refractivity contribution in [1.82, 2.24) is 4.72 Å². The summed E-state index contributed by atoms with van der Waals surface area (Å²) in [5.41, 5.74) is 0.963. The number of ether oxygens (including phenoxy) is 2. The minimum absolute atomic E-state index is 0.0527. The molecule has 0 unspecified atom stereocenters. The van der Waals surface area contributed by atoms with Crippen LogP contribution in [0.3, 0.4) is 0 Å². The first-order chi connectivity index (χ1) is 11.7. The zero-order valence-corrected chi connectivity index (χ0v) is 18.6. The van der Waals surface area contributed by atoms with E-state index in [4.69, 9.17) is 9.47 Å². The van der Waals surface area contributed by atoms with Crippen LogP contribution in [0.15, 0.2) is 12.2 Å². The Morgan fingerprint density at radius 2 is 1.92 bits per heavy atom. The molecule has 1 saturated carbocycles. The van der Waals surface area contributed by atoms with Crippen LogP contribution in [0.25, 0.3) is 0 Å². The lowest BCUT2D eigenvalue weighted by molar-refractivity contribution is -0.150. The van der Waals surface area contributed by atoms with Crippen LogP contribution in [0.5, 0.6) is 0 Å². The van der Waals surface area contributed by atoms with Crippen molar-refractivity contribution >= 4 is 23.9 Å². The van der Waals surface area contributed by atoms with Gasteiger partial charge in [-0.2, -0.15) is 0 Å². The highest BCUT2D eigenvalue weighted by Crippen LogP contribution is 2.42. The van der Waals surface area contributed by atoms with Crippen molar-refractivity contribution in [3.8, 4) is 0 Å². The van der Waals surface area contributed by atoms with E-state index in [0.717, 1.165) is 5.57 Å². The van der Waals surface area contributed by atoms with E-state index in [0.29, 0.717) is 18.9 Å². The predicted octanol–water partition coefficient (Wildman–Crippen LogP) is 2.69. The molecule has 0 radical (unpaired) electrons. The van der Waals surface area contributed by atoms with Crippen LogP contribution in [-0.4, -0.2) is 52.1 Å². The maximum atomic E-state index is 12.6. The molecule has 4 atom stereocenters. The van der Waals surface area contributed by atoms with Gasteiger partial charge in [0.15, 0.2) is 5.79 Å². The molecule has 1 heterocycles. The summed E-state index contributed by atoms with van der Waals surface area (Å²) in [5.74, 6) is -1.19. The molecule has 8 heteroatoms. The number of Topliss-reactive ketones (excluding diaryl/α,β-unsaturated/α-hetero) is 1. The second-order valence-electron chi connectivity index (χ2n) is 9.30. The molecule has 0 bridgehead atoms. The largest absolute Gasteiger partial charge is 0.344 e. The molecular formula is C18H33NO5SSi. The summed E-state index contributed by atoms with van der Waals surface area (Å²) in [6.45, 7) is 15.6. The van der Waals surface area contributed by atoms with Crippen molar-refractivity contribution < 1.29 is 22.7 Å². The predicted molar refractivity (Wildman–Crippen MR) is 105 cm³/mol. The molecule has 0 amide bonds. The van der Waals surface area contributed by atoms with Gasteiger partial charge in [-0.3, -0.25) is 4.79 Å². The molecule has 1 N–H and O–H groups in total. The van der Waals surface area contributed by atoms with E-state index in [2.05, 4.69) is 30.9 Å². The quantitative estimate of drug-likeness (QED) is 0.522. The van der Waals surface area contributed by atoms with Gasteiger partial charge in [-0.05, 0) is 39.7 Å². The summed E-state index contributed by atoms with van der Waals surface area (Å²) >= 11 is 0. The van der Waals surface area contributed by atoms with Gasteiger partial charge in [0.1, 0.15) is 5.78 Å². The lowest BCUT2D eigenvalue weighted by Crippen LogP contribution is -2.53. The second-order valence-corrected chi connectivity index (χ2v) is 16.8. The topological polar surface area (TPSA) is 81.7 Å². The molecule has 26 heavy (non-hydrogen) atoms. The Morgan fingerprint density at radius 1 is 1.31 bits per heavy atom. The Bertz CT molecular complexity index is 668. The highest BCUT2D eigenvalue weighted by atomic mass is 32.2. The molecule has 2 rings (SSSR count).